The summed E-state index contributed by atoms with van der Waals surface area (Å²) in [6.07, 6.45) is 2.80. The van der Waals surface area contributed by atoms with Gasteiger partial charge in [0.2, 0.25) is 6.41 Å². The Kier molecular flexibility index (Phi) is 4.15. The molecule has 0 bridgehead atoms. The van der Waals surface area contributed by atoms with E-state index in [1.807, 2.05) is 24.3 Å². The van der Waals surface area contributed by atoms with Crippen LogP contribution in [0.15, 0.2) is 24.3 Å². The Bertz CT molecular complexity index is 539. The van der Waals surface area contributed by atoms with Crippen LogP contribution in [0.3, 0.4) is 0 Å². The van der Waals surface area contributed by atoms with E-state index >= 15 is 0 Å². The van der Waals surface area contributed by atoms with E-state index in [-0.39, 0.29) is 0 Å². The molecule has 0 radical (unpaired) electrons. The average Bonchev–Trinajstić information content (AvgIpc) is 2.81. The first-order chi connectivity index (χ1) is 8.74. The highest BCUT2D eigenvalue weighted by Gasteiger charge is 2.06. The van der Waals surface area contributed by atoms with Gasteiger partial charge in [-0.3, -0.25) is 4.79 Å². The zero-order valence-electron chi connectivity index (χ0n) is 10.2. The van der Waals surface area contributed by atoms with E-state index in [1.165, 1.54) is 4.31 Å². The van der Waals surface area contributed by atoms with Crippen molar-refractivity contribution in [2.45, 2.75) is 19.8 Å². The minimum atomic E-state index is 0.645. The van der Waals surface area contributed by atoms with Gasteiger partial charge in [0.15, 0.2) is 0 Å². The second-order valence-corrected chi connectivity index (χ2v) is 4.49. The van der Waals surface area contributed by atoms with E-state index < -0.39 is 0 Å². The molecule has 1 N–H and O–H groups in total. The van der Waals surface area contributed by atoms with Crippen LogP contribution in [0.25, 0.3) is 10.9 Å². The van der Waals surface area contributed by atoms with Gasteiger partial charge in [0.1, 0.15) is 11.6 Å². The molecule has 1 amide bonds. The number of benzene rings is 1. The third kappa shape index (κ3) is 2.79. The number of fused-ring (bicyclic) bond motifs is 1. The molecule has 0 saturated heterocycles. The Morgan fingerprint density at radius 3 is 3.00 bits per heavy atom. The highest BCUT2D eigenvalue weighted by Crippen LogP contribution is 2.25. The second kappa shape index (κ2) is 5.82. The molecule has 0 unspecified atom stereocenters. The molecule has 0 aliphatic heterocycles. The maximum atomic E-state index is 10.6. The van der Waals surface area contributed by atoms with Gasteiger partial charge in [-0.05, 0) is 24.6 Å². The smallest absolute Gasteiger partial charge is 0.225 e. The van der Waals surface area contributed by atoms with Crippen LogP contribution in [0.2, 0.25) is 0 Å². The van der Waals surface area contributed by atoms with Crippen molar-refractivity contribution >= 4 is 35.9 Å². The predicted molar refractivity (Wildman–Crippen MR) is 76.2 cm³/mol. The number of carbonyl (C=O) groups excluding carboxylic acids is 1. The predicted octanol–water partition coefficient (Wildman–Crippen LogP) is 3.15. The van der Waals surface area contributed by atoms with Gasteiger partial charge in [0, 0.05) is 11.5 Å². The van der Waals surface area contributed by atoms with Gasteiger partial charge in [-0.25, -0.2) is 4.31 Å². The molecule has 2 rings (SSSR count). The van der Waals surface area contributed by atoms with E-state index in [2.05, 4.69) is 24.7 Å². The van der Waals surface area contributed by atoms with Crippen molar-refractivity contribution in [1.29, 1.82) is 0 Å². The Balaban J connectivity index is 2.19. The summed E-state index contributed by atoms with van der Waals surface area (Å²) in [5, 5.41) is 1.02. The molecular weight excluding hydrogens is 248 g/mol. The third-order valence-corrected chi connectivity index (χ3v) is 3.00. The summed E-state index contributed by atoms with van der Waals surface area (Å²) in [6.45, 7) is 2.85. The van der Waals surface area contributed by atoms with Gasteiger partial charge < -0.3 is 9.72 Å². The summed E-state index contributed by atoms with van der Waals surface area (Å²) in [6, 6.07) is 7.69. The van der Waals surface area contributed by atoms with E-state index in [9.17, 15) is 4.79 Å². The molecule has 96 valence electrons. The van der Waals surface area contributed by atoms with Crippen molar-refractivity contribution in [3.63, 3.8) is 0 Å². The SMILES string of the molecule is CCCCOc1ccc2cc(N(S)C=O)[nH]c2c1. The van der Waals surface area contributed by atoms with E-state index in [0.29, 0.717) is 12.2 Å². The van der Waals surface area contributed by atoms with Crippen molar-refractivity contribution in [3.05, 3.63) is 24.3 Å². The second-order valence-electron chi connectivity index (χ2n) is 4.06. The van der Waals surface area contributed by atoms with E-state index in [4.69, 9.17) is 4.74 Å². The topological polar surface area (TPSA) is 45.3 Å². The van der Waals surface area contributed by atoms with Gasteiger partial charge in [0.25, 0.3) is 0 Å². The minimum Gasteiger partial charge on any atom is -0.494 e. The van der Waals surface area contributed by atoms with Crippen LogP contribution in [-0.2, 0) is 4.79 Å². The largest absolute Gasteiger partial charge is 0.494 e. The molecule has 4 nitrogen and oxygen atoms in total. The molecule has 0 fully saturated rings. The number of amides is 1. The Morgan fingerprint density at radius 1 is 1.44 bits per heavy atom. The zero-order chi connectivity index (χ0) is 13.0. The average molecular weight is 264 g/mol. The number of H-pyrrole nitrogens is 1. The fraction of sp³-hybridized carbons (Fsp3) is 0.308. The van der Waals surface area contributed by atoms with Crippen LogP contribution < -0.4 is 9.04 Å². The number of hydrogen-bond donors (Lipinski definition) is 2. The maximum absolute atomic E-state index is 10.6. The molecule has 1 aromatic heterocycles. The fourth-order valence-corrected chi connectivity index (χ4v) is 1.80. The number of anilines is 1. The van der Waals surface area contributed by atoms with Crippen LogP contribution in [0.4, 0.5) is 5.82 Å². The molecule has 0 aliphatic carbocycles. The lowest BCUT2D eigenvalue weighted by molar-refractivity contribution is -0.106. The first kappa shape index (κ1) is 12.8. The molecule has 0 spiro atoms. The van der Waals surface area contributed by atoms with Crippen LogP contribution in [0.5, 0.6) is 5.75 Å². The lowest BCUT2D eigenvalue weighted by Gasteiger charge is -2.05. The summed E-state index contributed by atoms with van der Waals surface area (Å²) in [7, 11) is 0. The molecule has 0 atom stereocenters. The summed E-state index contributed by atoms with van der Waals surface area (Å²) >= 11 is 4.03. The van der Waals surface area contributed by atoms with Crippen LogP contribution in [-0.4, -0.2) is 18.0 Å². The number of rotatable bonds is 6. The highest BCUT2D eigenvalue weighted by molar-refractivity contribution is 7.82. The Morgan fingerprint density at radius 2 is 2.28 bits per heavy atom. The van der Waals surface area contributed by atoms with Crippen LogP contribution >= 0.6 is 12.8 Å². The number of ether oxygens (including phenoxy) is 1. The van der Waals surface area contributed by atoms with Gasteiger partial charge in [-0.2, -0.15) is 0 Å². The summed E-state index contributed by atoms with van der Waals surface area (Å²) in [4.78, 5) is 13.7. The quantitative estimate of drug-likeness (QED) is 0.478. The van der Waals surface area contributed by atoms with Crippen molar-refractivity contribution in [1.82, 2.24) is 4.98 Å². The van der Waals surface area contributed by atoms with Crippen molar-refractivity contribution in [2.24, 2.45) is 0 Å². The van der Waals surface area contributed by atoms with E-state index in [0.717, 1.165) is 36.1 Å². The Hall–Kier alpha value is -1.62. The molecule has 0 aliphatic rings. The number of unbranched alkanes of at least 4 members (excludes halogenated alkanes) is 1. The van der Waals surface area contributed by atoms with Crippen molar-refractivity contribution in [3.8, 4) is 5.75 Å². The molecule has 2 aromatic rings. The number of carbonyl (C=O) groups is 1. The monoisotopic (exact) mass is 264 g/mol. The van der Waals surface area contributed by atoms with Crippen molar-refractivity contribution < 1.29 is 9.53 Å². The first-order valence-corrected chi connectivity index (χ1v) is 6.33. The number of aromatic amines is 1. The standard InChI is InChI=1S/C13H16N2O2S/c1-2-3-6-17-11-5-4-10-7-13(15(18)9-16)14-12(10)8-11/h4-5,7-9,14,18H,2-3,6H2,1H3. The minimum absolute atomic E-state index is 0.645. The number of hydrogen-bond acceptors (Lipinski definition) is 3. The lowest BCUT2D eigenvalue weighted by atomic mass is 10.2. The first-order valence-electron chi connectivity index (χ1n) is 5.93. The van der Waals surface area contributed by atoms with E-state index in [1.54, 1.807) is 0 Å². The zero-order valence-corrected chi connectivity index (χ0v) is 11.1. The third-order valence-electron chi connectivity index (χ3n) is 2.69. The van der Waals surface area contributed by atoms with Crippen LogP contribution in [0, 0.1) is 0 Å². The van der Waals surface area contributed by atoms with Gasteiger partial charge in [0.05, 0.1) is 12.1 Å². The fourth-order valence-electron chi connectivity index (χ4n) is 1.70. The summed E-state index contributed by atoms with van der Waals surface area (Å²) in [5.74, 6) is 1.48. The molecule has 18 heavy (non-hydrogen) atoms. The van der Waals surface area contributed by atoms with Gasteiger partial charge in [-0.1, -0.05) is 26.2 Å². The number of nitrogens with one attached hydrogen (secondary N) is 1. The summed E-state index contributed by atoms with van der Waals surface area (Å²) in [5.41, 5.74) is 0.930. The normalized spacial score (nSPS) is 10.6. The lowest BCUT2D eigenvalue weighted by Crippen LogP contribution is -2.05. The maximum Gasteiger partial charge on any atom is 0.225 e. The highest BCUT2D eigenvalue weighted by atomic mass is 32.1. The molecule has 1 heterocycles. The molecule has 5 heteroatoms. The summed E-state index contributed by atoms with van der Waals surface area (Å²) < 4.78 is 6.83. The number of thiol groups is 1. The van der Waals surface area contributed by atoms with Gasteiger partial charge >= 0.3 is 0 Å². The van der Waals surface area contributed by atoms with Gasteiger partial charge in [-0.15, -0.1) is 0 Å². The number of nitrogens with zero attached hydrogens (tertiary/aromatic N) is 1. The molecular formula is C13H16N2O2S. The molecule has 0 saturated carbocycles. The molecule has 1 aromatic carbocycles. The van der Waals surface area contributed by atoms with Crippen LogP contribution in [0.1, 0.15) is 19.8 Å². The Labute approximate surface area is 111 Å². The van der Waals surface area contributed by atoms with Crippen molar-refractivity contribution in [2.75, 3.05) is 10.9 Å². The number of aromatic nitrogens is 1.